The third-order valence-corrected chi connectivity index (χ3v) is 3.44. The van der Waals surface area contributed by atoms with Gasteiger partial charge in [-0.1, -0.05) is 24.4 Å². The van der Waals surface area contributed by atoms with Crippen molar-refractivity contribution in [3.8, 4) is 5.75 Å². The number of ether oxygens (including phenoxy) is 1. The van der Waals surface area contributed by atoms with Crippen molar-refractivity contribution in [3.05, 3.63) is 23.0 Å². The largest absolute Gasteiger partial charge is 0.488 e. The normalized spacial score (nSPS) is 17.8. The highest BCUT2D eigenvalue weighted by Gasteiger charge is 2.16. The zero-order chi connectivity index (χ0) is 12.3. The van der Waals surface area contributed by atoms with Crippen LogP contribution in [0.2, 0.25) is 5.02 Å². The lowest BCUT2D eigenvalue weighted by Gasteiger charge is -2.18. The van der Waals surface area contributed by atoms with Gasteiger partial charge in [-0.05, 0) is 25.7 Å². The van der Waals surface area contributed by atoms with Crippen LogP contribution in [0.1, 0.15) is 38.5 Å². The summed E-state index contributed by atoms with van der Waals surface area (Å²) in [6.45, 7) is 0. The molecular formula is C13H17ClFNO. The minimum atomic E-state index is -0.502. The summed E-state index contributed by atoms with van der Waals surface area (Å²) < 4.78 is 19.0. The van der Waals surface area contributed by atoms with Crippen LogP contribution in [0, 0.1) is 5.82 Å². The minimum Gasteiger partial charge on any atom is -0.488 e. The molecule has 1 aromatic rings. The molecule has 0 unspecified atom stereocenters. The number of nitrogen functional groups attached to an aromatic ring is 1. The van der Waals surface area contributed by atoms with Crippen LogP contribution in [-0.4, -0.2) is 6.10 Å². The Kier molecular flexibility index (Phi) is 4.11. The molecule has 0 bridgehead atoms. The fraction of sp³-hybridized carbons (Fsp3) is 0.538. The van der Waals surface area contributed by atoms with Crippen molar-refractivity contribution < 1.29 is 9.13 Å². The zero-order valence-corrected chi connectivity index (χ0v) is 10.5. The van der Waals surface area contributed by atoms with E-state index in [9.17, 15) is 4.39 Å². The Hall–Kier alpha value is -0.960. The quantitative estimate of drug-likeness (QED) is 0.638. The second-order valence-electron chi connectivity index (χ2n) is 4.54. The van der Waals surface area contributed by atoms with E-state index in [1.807, 2.05) is 0 Å². The molecule has 4 heteroatoms. The average Bonchev–Trinajstić information content (AvgIpc) is 2.54. The third kappa shape index (κ3) is 3.25. The first-order valence-corrected chi connectivity index (χ1v) is 6.46. The molecule has 2 N–H and O–H groups in total. The monoisotopic (exact) mass is 257 g/mol. The van der Waals surface area contributed by atoms with E-state index < -0.39 is 5.82 Å². The number of halogens is 2. The first kappa shape index (κ1) is 12.5. The van der Waals surface area contributed by atoms with Crippen molar-refractivity contribution in [2.24, 2.45) is 0 Å². The standard InChI is InChI=1S/C13H17ClFNO/c14-10-7-13(12(16)8-11(10)15)17-9-5-3-1-2-4-6-9/h7-9H,1-6,16H2. The summed E-state index contributed by atoms with van der Waals surface area (Å²) in [6.07, 6.45) is 7.14. The Bertz CT molecular complexity index is 389. The van der Waals surface area contributed by atoms with E-state index in [4.69, 9.17) is 22.1 Å². The Morgan fingerprint density at radius 1 is 1.18 bits per heavy atom. The number of nitrogens with two attached hydrogens (primary N) is 1. The second-order valence-corrected chi connectivity index (χ2v) is 4.94. The maximum absolute atomic E-state index is 13.1. The predicted molar refractivity (Wildman–Crippen MR) is 67.9 cm³/mol. The van der Waals surface area contributed by atoms with Crippen LogP contribution in [0.5, 0.6) is 5.75 Å². The van der Waals surface area contributed by atoms with Gasteiger partial charge in [0.15, 0.2) is 0 Å². The zero-order valence-electron chi connectivity index (χ0n) is 9.72. The van der Waals surface area contributed by atoms with Crippen LogP contribution in [-0.2, 0) is 0 Å². The Morgan fingerprint density at radius 3 is 2.47 bits per heavy atom. The van der Waals surface area contributed by atoms with E-state index in [2.05, 4.69) is 0 Å². The van der Waals surface area contributed by atoms with E-state index >= 15 is 0 Å². The van der Waals surface area contributed by atoms with Gasteiger partial charge in [-0.2, -0.15) is 0 Å². The predicted octanol–water partition coefficient (Wildman–Crippen LogP) is 4.16. The molecule has 1 aliphatic carbocycles. The first-order chi connectivity index (χ1) is 8.16. The van der Waals surface area contributed by atoms with E-state index in [0.29, 0.717) is 11.4 Å². The number of benzene rings is 1. The third-order valence-electron chi connectivity index (χ3n) is 3.15. The van der Waals surface area contributed by atoms with Gasteiger partial charge in [-0.3, -0.25) is 0 Å². The molecule has 94 valence electrons. The molecule has 0 atom stereocenters. The van der Waals surface area contributed by atoms with Crippen LogP contribution in [0.3, 0.4) is 0 Å². The van der Waals surface area contributed by atoms with E-state index in [-0.39, 0.29) is 11.1 Å². The van der Waals surface area contributed by atoms with Crippen molar-refractivity contribution in [2.45, 2.75) is 44.6 Å². The van der Waals surface area contributed by atoms with Gasteiger partial charge >= 0.3 is 0 Å². The molecule has 2 rings (SSSR count). The maximum Gasteiger partial charge on any atom is 0.144 e. The van der Waals surface area contributed by atoms with Crippen molar-refractivity contribution in [1.82, 2.24) is 0 Å². The maximum atomic E-state index is 13.1. The van der Waals surface area contributed by atoms with Crippen LogP contribution in [0.25, 0.3) is 0 Å². The van der Waals surface area contributed by atoms with E-state index in [1.165, 1.54) is 37.8 Å². The van der Waals surface area contributed by atoms with Gasteiger partial charge in [0, 0.05) is 12.1 Å². The number of hydrogen-bond donors (Lipinski definition) is 1. The van der Waals surface area contributed by atoms with Gasteiger partial charge in [-0.25, -0.2) is 4.39 Å². The molecule has 1 aliphatic rings. The van der Waals surface area contributed by atoms with Gasteiger partial charge in [0.25, 0.3) is 0 Å². The molecule has 2 nitrogen and oxygen atoms in total. The fourth-order valence-electron chi connectivity index (χ4n) is 2.19. The molecule has 0 amide bonds. The fourth-order valence-corrected chi connectivity index (χ4v) is 2.34. The van der Waals surface area contributed by atoms with Crippen LogP contribution in [0.15, 0.2) is 12.1 Å². The Morgan fingerprint density at radius 2 is 1.82 bits per heavy atom. The first-order valence-electron chi connectivity index (χ1n) is 6.08. The molecule has 0 radical (unpaired) electrons. The Balaban J connectivity index is 2.09. The molecule has 0 aliphatic heterocycles. The highest BCUT2D eigenvalue weighted by Crippen LogP contribution is 2.31. The van der Waals surface area contributed by atoms with Crippen LogP contribution in [0.4, 0.5) is 10.1 Å². The smallest absolute Gasteiger partial charge is 0.144 e. The highest BCUT2D eigenvalue weighted by molar-refractivity contribution is 6.31. The molecule has 1 fully saturated rings. The molecule has 0 aromatic heterocycles. The molecule has 0 spiro atoms. The summed E-state index contributed by atoms with van der Waals surface area (Å²) in [7, 11) is 0. The molecule has 17 heavy (non-hydrogen) atoms. The number of hydrogen-bond acceptors (Lipinski definition) is 2. The second kappa shape index (κ2) is 5.58. The summed E-state index contributed by atoms with van der Waals surface area (Å²) in [4.78, 5) is 0. The number of rotatable bonds is 2. The molecule has 1 aromatic carbocycles. The minimum absolute atomic E-state index is 0.0582. The summed E-state index contributed by atoms with van der Waals surface area (Å²) in [5.74, 6) is 0.000632. The lowest BCUT2D eigenvalue weighted by Crippen LogP contribution is -2.16. The molecule has 0 heterocycles. The van der Waals surface area contributed by atoms with E-state index in [0.717, 1.165) is 12.8 Å². The van der Waals surface area contributed by atoms with Gasteiger partial charge in [-0.15, -0.1) is 0 Å². The van der Waals surface area contributed by atoms with Gasteiger partial charge in [0.1, 0.15) is 11.6 Å². The summed E-state index contributed by atoms with van der Waals surface area (Å²) in [6, 6.07) is 2.69. The summed E-state index contributed by atoms with van der Waals surface area (Å²) in [5, 5.41) is 0.0582. The molecule has 0 saturated heterocycles. The SMILES string of the molecule is Nc1cc(F)c(Cl)cc1OC1CCCCCC1. The van der Waals surface area contributed by atoms with Crippen molar-refractivity contribution in [2.75, 3.05) is 5.73 Å². The van der Waals surface area contributed by atoms with Crippen molar-refractivity contribution in [1.29, 1.82) is 0 Å². The lowest BCUT2D eigenvalue weighted by atomic mass is 10.1. The summed E-state index contributed by atoms with van der Waals surface area (Å²) >= 11 is 5.73. The van der Waals surface area contributed by atoms with Crippen LogP contribution >= 0.6 is 11.6 Å². The lowest BCUT2D eigenvalue weighted by molar-refractivity contribution is 0.185. The Labute approximate surface area is 106 Å². The van der Waals surface area contributed by atoms with E-state index in [1.54, 1.807) is 0 Å². The number of anilines is 1. The van der Waals surface area contributed by atoms with Crippen LogP contribution < -0.4 is 10.5 Å². The molecular weight excluding hydrogens is 241 g/mol. The summed E-state index contributed by atoms with van der Waals surface area (Å²) in [5.41, 5.74) is 6.04. The molecule has 1 saturated carbocycles. The van der Waals surface area contributed by atoms with Gasteiger partial charge < -0.3 is 10.5 Å². The topological polar surface area (TPSA) is 35.2 Å². The van der Waals surface area contributed by atoms with Crippen molar-refractivity contribution >= 4 is 17.3 Å². The van der Waals surface area contributed by atoms with Gasteiger partial charge in [0.2, 0.25) is 0 Å². The average molecular weight is 258 g/mol. The highest BCUT2D eigenvalue weighted by atomic mass is 35.5. The van der Waals surface area contributed by atoms with Gasteiger partial charge in [0.05, 0.1) is 16.8 Å². The van der Waals surface area contributed by atoms with Crippen molar-refractivity contribution in [3.63, 3.8) is 0 Å².